The molecule has 0 aromatic carbocycles. The molecule has 0 bridgehead atoms. The van der Waals surface area contributed by atoms with Gasteiger partial charge in [-0.15, -0.1) is 4.99 Å². The predicted octanol–water partition coefficient (Wildman–Crippen LogP) is 1.51. The standard InChI is InChI=1S/C8H11N3O/c1-6(2)7-4-8(9-5-12)11(3)10-7/h4,6H,1-3H3. The second kappa shape index (κ2) is 3.32. The smallest absolute Gasteiger partial charge is 0.242 e. The average molecular weight is 165 g/mol. The Labute approximate surface area is 70.9 Å². The molecule has 1 heterocycles. The summed E-state index contributed by atoms with van der Waals surface area (Å²) in [6, 6.07) is 1.79. The molecule has 0 aliphatic carbocycles. The zero-order valence-electron chi connectivity index (χ0n) is 7.40. The quantitative estimate of drug-likeness (QED) is 0.492. The van der Waals surface area contributed by atoms with Gasteiger partial charge in [-0.25, -0.2) is 9.48 Å². The maximum atomic E-state index is 9.97. The van der Waals surface area contributed by atoms with Gasteiger partial charge in [-0.3, -0.25) is 0 Å². The largest absolute Gasteiger partial charge is 0.250 e. The Hall–Kier alpha value is -1.41. The Morgan fingerprint density at radius 3 is 2.75 bits per heavy atom. The summed E-state index contributed by atoms with van der Waals surface area (Å²) in [6.45, 7) is 4.08. The van der Waals surface area contributed by atoms with Gasteiger partial charge in [0.2, 0.25) is 6.08 Å². The number of aryl methyl sites for hydroxylation is 1. The predicted molar refractivity (Wildman–Crippen MR) is 45.1 cm³/mol. The van der Waals surface area contributed by atoms with Crippen LogP contribution in [0.25, 0.3) is 0 Å². The van der Waals surface area contributed by atoms with Gasteiger partial charge in [0.05, 0.1) is 5.69 Å². The zero-order chi connectivity index (χ0) is 9.14. The van der Waals surface area contributed by atoms with Gasteiger partial charge in [-0.1, -0.05) is 13.8 Å². The van der Waals surface area contributed by atoms with Crippen molar-refractivity contribution in [3.05, 3.63) is 11.8 Å². The molecule has 1 rings (SSSR count). The third-order valence-electron chi connectivity index (χ3n) is 1.63. The first-order valence-corrected chi connectivity index (χ1v) is 3.77. The Morgan fingerprint density at radius 2 is 2.33 bits per heavy atom. The normalized spacial score (nSPS) is 10.0. The van der Waals surface area contributed by atoms with Crippen molar-refractivity contribution in [2.24, 2.45) is 12.0 Å². The Bertz CT molecular complexity index is 321. The van der Waals surface area contributed by atoms with E-state index in [9.17, 15) is 4.79 Å². The first-order chi connectivity index (χ1) is 5.65. The van der Waals surface area contributed by atoms with Crippen LogP contribution in [0, 0.1) is 0 Å². The van der Waals surface area contributed by atoms with Gasteiger partial charge in [-0.05, 0) is 5.92 Å². The summed E-state index contributed by atoms with van der Waals surface area (Å²) in [5, 5.41) is 4.17. The highest BCUT2D eigenvalue weighted by Gasteiger charge is 2.06. The van der Waals surface area contributed by atoms with E-state index in [2.05, 4.69) is 10.1 Å². The number of hydrogen-bond donors (Lipinski definition) is 0. The van der Waals surface area contributed by atoms with E-state index in [1.807, 2.05) is 13.8 Å². The molecular weight excluding hydrogens is 154 g/mol. The highest BCUT2D eigenvalue weighted by Crippen LogP contribution is 2.18. The van der Waals surface area contributed by atoms with Crippen LogP contribution in [0.4, 0.5) is 5.82 Å². The number of isocyanates is 1. The molecule has 0 saturated carbocycles. The van der Waals surface area contributed by atoms with Crippen molar-refractivity contribution >= 4 is 11.9 Å². The molecular formula is C8H11N3O. The third kappa shape index (κ3) is 1.60. The minimum atomic E-state index is 0.354. The van der Waals surface area contributed by atoms with E-state index in [-0.39, 0.29) is 0 Å². The summed E-state index contributed by atoms with van der Waals surface area (Å²) in [6.07, 6.45) is 1.49. The minimum absolute atomic E-state index is 0.354. The van der Waals surface area contributed by atoms with Crippen molar-refractivity contribution in [1.82, 2.24) is 9.78 Å². The second-order valence-corrected chi connectivity index (χ2v) is 2.91. The molecule has 64 valence electrons. The summed E-state index contributed by atoms with van der Waals surface area (Å²) in [7, 11) is 1.75. The number of hydrogen-bond acceptors (Lipinski definition) is 3. The molecule has 0 amide bonds. The van der Waals surface area contributed by atoms with Crippen molar-refractivity contribution in [3.63, 3.8) is 0 Å². The zero-order valence-corrected chi connectivity index (χ0v) is 7.40. The van der Waals surface area contributed by atoms with Crippen molar-refractivity contribution in [1.29, 1.82) is 0 Å². The van der Waals surface area contributed by atoms with Crippen molar-refractivity contribution in [3.8, 4) is 0 Å². The summed E-state index contributed by atoms with van der Waals surface area (Å²) in [4.78, 5) is 13.5. The lowest BCUT2D eigenvalue weighted by atomic mass is 10.1. The lowest BCUT2D eigenvalue weighted by Gasteiger charge is -1.95. The van der Waals surface area contributed by atoms with Gasteiger partial charge in [-0.2, -0.15) is 5.10 Å². The summed E-state index contributed by atoms with van der Waals surface area (Å²) in [5.74, 6) is 0.903. The fraction of sp³-hybridized carbons (Fsp3) is 0.500. The Balaban J connectivity index is 3.08. The first kappa shape index (κ1) is 8.68. The van der Waals surface area contributed by atoms with Crippen LogP contribution in [0.2, 0.25) is 0 Å². The molecule has 0 radical (unpaired) electrons. The number of rotatable bonds is 2. The van der Waals surface area contributed by atoms with Gasteiger partial charge in [0, 0.05) is 13.1 Å². The topological polar surface area (TPSA) is 47.2 Å². The van der Waals surface area contributed by atoms with E-state index in [0.717, 1.165) is 5.69 Å². The van der Waals surface area contributed by atoms with Crippen LogP contribution < -0.4 is 0 Å². The maximum Gasteiger partial charge on any atom is 0.242 e. The lowest BCUT2D eigenvalue weighted by Crippen LogP contribution is -1.92. The van der Waals surface area contributed by atoms with E-state index in [0.29, 0.717) is 11.7 Å². The molecule has 4 heteroatoms. The molecule has 0 aliphatic heterocycles. The summed E-state index contributed by atoms with van der Waals surface area (Å²) in [5.41, 5.74) is 0.937. The van der Waals surface area contributed by atoms with E-state index < -0.39 is 0 Å². The maximum absolute atomic E-state index is 9.97. The molecule has 0 unspecified atom stereocenters. The lowest BCUT2D eigenvalue weighted by molar-refractivity contribution is 0.564. The number of nitrogens with zero attached hydrogens (tertiary/aromatic N) is 3. The third-order valence-corrected chi connectivity index (χ3v) is 1.63. The van der Waals surface area contributed by atoms with Gasteiger partial charge < -0.3 is 0 Å². The minimum Gasteiger partial charge on any atom is -0.250 e. The number of aromatic nitrogens is 2. The summed E-state index contributed by atoms with van der Waals surface area (Å²) >= 11 is 0. The van der Waals surface area contributed by atoms with Crippen LogP contribution in [0.15, 0.2) is 11.1 Å². The number of carbonyl (C=O) groups excluding carboxylic acids is 1. The molecule has 1 aromatic heterocycles. The van der Waals surface area contributed by atoms with Crippen molar-refractivity contribution < 1.29 is 4.79 Å². The SMILES string of the molecule is CC(C)c1cc(N=C=O)n(C)n1. The average Bonchev–Trinajstić information content (AvgIpc) is 2.34. The first-order valence-electron chi connectivity index (χ1n) is 3.77. The van der Waals surface area contributed by atoms with Gasteiger partial charge >= 0.3 is 0 Å². The molecule has 12 heavy (non-hydrogen) atoms. The van der Waals surface area contributed by atoms with Crippen LogP contribution in [0.1, 0.15) is 25.5 Å². The van der Waals surface area contributed by atoms with E-state index >= 15 is 0 Å². The molecule has 0 N–H and O–H groups in total. The van der Waals surface area contributed by atoms with Crippen molar-refractivity contribution in [2.45, 2.75) is 19.8 Å². The van der Waals surface area contributed by atoms with Crippen LogP contribution in [0.5, 0.6) is 0 Å². The van der Waals surface area contributed by atoms with E-state index in [1.54, 1.807) is 17.8 Å². The van der Waals surface area contributed by atoms with Crippen LogP contribution in [0.3, 0.4) is 0 Å². The van der Waals surface area contributed by atoms with Crippen LogP contribution >= 0.6 is 0 Å². The van der Waals surface area contributed by atoms with Gasteiger partial charge in [0.25, 0.3) is 0 Å². The second-order valence-electron chi connectivity index (χ2n) is 2.91. The molecule has 4 nitrogen and oxygen atoms in total. The molecule has 0 saturated heterocycles. The van der Waals surface area contributed by atoms with Crippen LogP contribution in [-0.2, 0) is 11.8 Å². The monoisotopic (exact) mass is 165 g/mol. The fourth-order valence-electron chi connectivity index (χ4n) is 0.913. The highest BCUT2D eigenvalue weighted by atomic mass is 16.1. The number of aliphatic imine (C=N–C) groups is 1. The van der Waals surface area contributed by atoms with E-state index in [4.69, 9.17) is 0 Å². The van der Waals surface area contributed by atoms with E-state index in [1.165, 1.54) is 6.08 Å². The Morgan fingerprint density at radius 1 is 1.67 bits per heavy atom. The van der Waals surface area contributed by atoms with Gasteiger partial charge in [0.15, 0.2) is 5.82 Å². The molecule has 0 spiro atoms. The Kier molecular flexibility index (Phi) is 2.41. The fourth-order valence-corrected chi connectivity index (χ4v) is 0.913. The van der Waals surface area contributed by atoms with Gasteiger partial charge in [0.1, 0.15) is 0 Å². The molecule has 0 fully saturated rings. The molecule has 1 aromatic rings. The van der Waals surface area contributed by atoms with Crippen LogP contribution in [-0.4, -0.2) is 15.9 Å². The van der Waals surface area contributed by atoms with Crippen molar-refractivity contribution in [2.75, 3.05) is 0 Å². The summed E-state index contributed by atoms with van der Waals surface area (Å²) < 4.78 is 1.57. The molecule has 0 atom stereocenters. The molecule has 0 aliphatic rings. The highest BCUT2D eigenvalue weighted by molar-refractivity contribution is 5.45.